The summed E-state index contributed by atoms with van der Waals surface area (Å²) in [5, 5.41) is 8.66. The molecule has 0 saturated heterocycles. The van der Waals surface area contributed by atoms with Gasteiger partial charge in [-0.05, 0) is 36.4 Å². The van der Waals surface area contributed by atoms with Crippen LogP contribution in [0.15, 0.2) is 27.0 Å². The highest BCUT2D eigenvalue weighted by molar-refractivity contribution is 8.00. The number of hydrogen-bond acceptors (Lipinski definition) is 6. The van der Waals surface area contributed by atoms with E-state index in [1.165, 1.54) is 23.1 Å². The molecule has 2 rings (SSSR count). The number of pyridine rings is 1. The molecule has 0 aliphatic heterocycles. The normalized spacial score (nSPS) is 10.5. The van der Waals surface area contributed by atoms with Crippen LogP contribution in [0.1, 0.15) is 11.3 Å². The number of nitrogens with zero attached hydrogens (tertiary/aromatic N) is 3. The highest BCUT2D eigenvalue weighted by atomic mass is 32.2. The van der Waals surface area contributed by atoms with Gasteiger partial charge in [-0.25, -0.2) is 4.98 Å². The minimum Gasteiger partial charge on any atom is -0.326 e. The van der Waals surface area contributed by atoms with Gasteiger partial charge < -0.3 is 5.73 Å². The van der Waals surface area contributed by atoms with Crippen LogP contribution in [0.25, 0.3) is 0 Å². The Hall–Kier alpha value is -0.980. The average molecular weight is 238 g/mol. The molecule has 2 heterocycles. The molecule has 2 N–H and O–H groups in total. The lowest BCUT2D eigenvalue weighted by Gasteiger charge is -2.02. The first-order valence-electron chi connectivity index (χ1n) is 4.39. The summed E-state index contributed by atoms with van der Waals surface area (Å²) in [6, 6.07) is 3.98. The summed E-state index contributed by atoms with van der Waals surface area (Å²) in [5.41, 5.74) is 9.38. The Bertz CT molecular complexity index is 441. The molecule has 4 nitrogen and oxygen atoms in total. The van der Waals surface area contributed by atoms with Gasteiger partial charge in [0.2, 0.25) is 0 Å². The maximum Gasteiger partial charge on any atom is 0.180 e. The lowest BCUT2D eigenvalue weighted by atomic mass is 10.2. The summed E-state index contributed by atoms with van der Waals surface area (Å²) in [6.07, 6.45) is 0. The van der Waals surface area contributed by atoms with Gasteiger partial charge in [0.05, 0.1) is 0 Å². The summed E-state index contributed by atoms with van der Waals surface area (Å²) in [7, 11) is 0. The predicted octanol–water partition coefficient (Wildman–Crippen LogP) is 1.85. The molecular formula is C9H10N4S2. The standard InChI is InChI=1S/C9H10N4S2/c1-6-2-7(4-10)3-8(12-6)15-9-13-11-5-14-9/h2-3,5H,4,10H2,1H3. The van der Waals surface area contributed by atoms with Gasteiger partial charge in [-0.3, -0.25) is 0 Å². The van der Waals surface area contributed by atoms with E-state index < -0.39 is 0 Å². The van der Waals surface area contributed by atoms with Crippen molar-refractivity contribution in [3.63, 3.8) is 0 Å². The second-order valence-electron chi connectivity index (χ2n) is 2.97. The SMILES string of the molecule is Cc1cc(CN)cc(Sc2nncs2)n1. The van der Waals surface area contributed by atoms with Gasteiger partial charge >= 0.3 is 0 Å². The zero-order valence-electron chi connectivity index (χ0n) is 8.17. The van der Waals surface area contributed by atoms with Crippen molar-refractivity contribution >= 4 is 23.1 Å². The van der Waals surface area contributed by atoms with Crippen molar-refractivity contribution in [2.45, 2.75) is 22.8 Å². The molecular weight excluding hydrogens is 228 g/mol. The number of rotatable bonds is 3. The molecule has 2 aromatic rings. The molecule has 0 radical (unpaired) electrons. The van der Waals surface area contributed by atoms with Crippen LogP contribution in [-0.2, 0) is 6.54 Å². The molecule has 0 spiro atoms. The topological polar surface area (TPSA) is 64.7 Å². The summed E-state index contributed by atoms with van der Waals surface area (Å²) >= 11 is 3.02. The molecule has 78 valence electrons. The first-order valence-corrected chi connectivity index (χ1v) is 6.09. The van der Waals surface area contributed by atoms with Gasteiger partial charge in [-0.1, -0.05) is 11.3 Å². The van der Waals surface area contributed by atoms with Crippen LogP contribution < -0.4 is 5.73 Å². The Morgan fingerprint density at radius 3 is 3.00 bits per heavy atom. The van der Waals surface area contributed by atoms with Crippen molar-refractivity contribution in [2.24, 2.45) is 5.73 Å². The number of hydrogen-bond donors (Lipinski definition) is 1. The van der Waals surface area contributed by atoms with E-state index in [4.69, 9.17) is 5.73 Å². The summed E-state index contributed by atoms with van der Waals surface area (Å²) in [4.78, 5) is 4.40. The third-order valence-electron chi connectivity index (χ3n) is 1.76. The van der Waals surface area contributed by atoms with E-state index in [1.54, 1.807) is 5.51 Å². The summed E-state index contributed by atoms with van der Waals surface area (Å²) < 4.78 is 0.899. The van der Waals surface area contributed by atoms with E-state index >= 15 is 0 Å². The van der Waals surface area contributed by atoms with E-state index in [1.807, 2.05) is 19.1 Å². The van der Waals surface area contributed by atoms with Crippen molar-refractivity contribution in [1.29, 1.82) is 0 Å². The minimum atomic E-state index is 0.535. The highest BCUT2D eigenvalue weighted by Gasteiger charge is 2.04. The monoisotopic (exact) mass is 238 g/mol. The van der Waals surface area contributed by atoms with Gasteiger partial charge in [-0.2, -0.15) is 0 Å². The van der Waals surface area contributed by atoms with E-state index in [-0.39, 0.29) is 0 Å². The second kappa shape index (κ2) is 4.69. The van der Waals surface area contributed by atoms with Crippen molar-refractivity contribution < 1.29 is 0 Å². The summed E-state index contributed by atoms with van der Waals surface area (Å²) in [6.45, 7) is 2.50. The number of aromatic nitrogens is 3. The fraction of sp³-hybridized carbons (Fsp3) is 0.222. The third-order valence-corrected chi connectivity index (χ3v) is 3.45. The molecule has 0 amide bonds. The van der Waals surface area contributed by atoms with Gasteiger partial charge in [-0.15, -0.1) is 10.2 Å². The molecule has 2 aromatic heterocycles. The molecule has 0 saturated carbocycles. The van der Waals surface area contributed by atoms with E-state index in [2.05, 4.69) is 15.2 Å². The van der Waals surface area contributed by atoms with E-state index in [9.17, 15) is 0 Å². The van der Waals surface area contributed by atoms with Crippen LogP contribution in [0.4, 0.5) is 0 Å². The van der Waals surface area contributed by atoms with Crippen LogP contribution in [0, 0.1) is 6.92 Å². The number of nitrogens with two attached hydrogens (primary N) is 1. The zero-order chi connectivity index (χ0) is 10.7. The highest BCUT2D eigenvalue weighted by Crippen LogP contribution is 2.27. The van der Waals surface area contributed by atoms with E-state index in [0.29, 0.717) is 6.54 Å². The molecule has 0 fully saturated rings. The Labute approximate surface area is 95.9 Å². The van der Waals surface area contributed by atoms with Gasteiger partial charge in [0.1, 0.15) is 10.5 Å². The molecule has 0 aromatic carbocycles. The first kappa shape index (κ1) is 10.5. The Morgan fingerprint density at radius 2 is 2.33 bits per heavy atom. The molecule has 6 heteroatoms. The molecule has 0 bridgehead atoms. The smallest absolute Gasteiger partial charge is 0.180 e. The predicted molar refractivity (Wildman–Crippen MR) is 60.9 cm³/mol. The lowest BCUT2D eigenvalue weighted by molar-refractivity contribution is 0.976. The minimum absolute atomic E-state index is 0.535. The fourth-order valence-corrected chi connectivity index (χ4v) is 2.70. The number of aryl methyl sites for hydroxylation is 1. The van der Waals surface area contributed by atoms with Crippen LogP contribution >= 0.6 is 23.1 Å². The van der Waals surface area contributed by atoms with Crippen LogP contribution in [-0.4, -0.2) is 15.2 Å². The summed E-state index contributed by atoms with van der Waals surface area (Å²) in [5.74, 6) is 0. The lowest BCUT2D eigenvalue weighted by Crippen LogP contribution is -1.98. The zero-order valence-corrected chi connectivity index (χ0v) is 9.81. The van der Waals surface area contributed by atoms with E-state index in [0.717, 1.165) is 20.6 Å². The third kappa shape index (κ3) is 2.74. The Balaban J connectivity index is 2.24. The van der Waals surface area contributed by atoms with Gasteiger partial charge in [0.25, 0.3) is 0 Å². The van der Waals surface area contributed by atoms with Crippen molar-refractivity contribution in [3.05, 3.63) is 28.9 Å². The Morgan fingerprint density at radius 1 is 1.47 bits per heavy atom. The van der Waals surface area contributed by atoms with Crippen molar-refractivity contribution in [3.8, 4) is 0 Å². The fourth-order valence-electron chi connectivity index (χ4n) is 1.17. The van der Waals surface area contributed by atoms with Crippen molar-refractivity contribution in [1.82, 2.24) is 15.2 Å². The van der Waals surface area contributed by atoms with Crippen LogP contribution in [0.2, 0.25) is 0 Å². The molecule has 0 aliphatic carbocycles. The Kier molecular flexibility index (Phi) is 3.30. The molecule has 0 aliphatic rings. The van der Waals surface area contributed by atoms with Gasteiger partial charge in [0.15, 0.2) is 4.34 Å². The van der Waals surface area contributed by atoms with Gasteiger partial charge in [0, 0.05) is 12.2 Å². The van der Waals surface area contributed by atoms with Crippen LogP contribution in [0.3, 0.4) is 0 Å². The quantitative estimate of drug-likeness (QED) is 0.884. The molecule has 0 unspecified atom stereocenters. The second-order valence-corrected chi connectivity index (χ2v) is 5.07. The maximum atomic E-state index is 5.60. The average Bonchev–Trinajstić information content (AvgIpc) is 2.69. The van der Waals surface area contributed by atoms with Crippen molar-refractivity contribution in [2.75, 3.05) is 0 Å². The van der Waals surface area contributed by atoms with Crippen LogP contribution in [0.5, 0.6) is 0 Å². The first-order chi connectivity index (χ1) is 7.28. The molecule has 15 heavy (non-hydrogen) atoms. The largest absolute Gasteiger partial charge is 0.326 e. The maximum absolute atomic E-state index is 5.60. The molecule has 0 atom stereocenters.